The van der Waals surface area contributed by atoms with Crippen molar-refractivity contribution in [3.8, 4) is 0 Å². The fourth-order valence-electron chi connectivity index (χ4n) is 1.80. The maximum absolute atomic E-state index is 11.9. The number of benzene rings is 1. The molecule has 1 N–H and O–H groups in total. The van der Waals surface area contributed by atoms with Gasteiger partial charge >= 0.3 is 0 Å². The quantitative estimate of drug-likeness (QED) is 0.417. The van der Waals surface area contributed by atoms with Gasteiger partial charge < -0.3 is 9.88 Å². The van der Waals surface area contributed by atoms with Crippen molar-refractivity contribution in [3.05, 3.63) is 46.3 Å². The highest BCUT2D eigenvalue weighted by atomic mass is 127. The van der Waals surface area contributed by atoms with Crippen LogP contribution in [0.15, 0.2) is 42.1 Å². The van der Waals surface area contributed by atoms with E-state index in [-0.39, 0.29) is 5.91 Å². The van der Waals surface area contributed by atoms with Crippen molar-refractivity contribution in [2.24, 2.45) is 0 Å². The third-order valence-corrected chi connectivity index (χ3v) is 4.59. The third kappa shape index (κ3) is 4.84. The molecule has 2 aromatic rings. The second kappa shape index (κ2) is 8.33. The number of halogens is 1. The summed E-state index contributed by atoms with van der Waals surface area (Å²) in [5.74, 6) is 1.51. The number of carbonyl (C=O) groups is 1. The average molecular weight is 428 g/mol. The zero-order valence-electron chi connectivity index (χ0n) is 12.3. The van der Waals surface area contributed by atoms with Crippen molar-refractivity contribution >= 4 is 45.9 Å². The molecule has 0 aliphatic carbocycles. The van der Waals surface area contributed by atoms with Crippen molar-refractivity contribution in [1.29, 1.82) is 0 Å². The molecule has 116 valence electrons. The molecule has 0 spiro atoms. The van der Waals surface area contributed by atoms with E-state index in [9.17, 15) is 4.79 Å². The molecule has 0 saturated carbocycles. The van der Waals surface area contributed by atoms with Gasteiger partial charge in [-0.1, -0.05) is 17.8 Å². The first-order valence-corrected chi connectivity index (χ1v) is 8.85. The standard InChI is InChI=1S/C15H17IN4OS/c1-3-9-20-11(2)18-19-15(20)22-10-8-14(21)17-13-6-4-12(16)5-7-13/h3-7H,1,8-10H2,2H3,(H,17,21). The minimum absolute atomic E-state index is 0.000200. The van der Waals surface area contributed by atoms with E-state index in [0.29, 0.717) is 18.7 Å². The first kappa shape index (κ1) is 17.0. The normalized spacial score (nSPS) is 10.5. The van der Waals surface area contributed by atoms with Crippen LogP contribution in [0.25, 0.3) is 0 Å². The lowest BCUT2D eigenvalue weighted by Gasteiger charge is -2.06. The van der Waals surface area contributed by atoms with Crippen LogP contribution >= 0.6 is 34.4 Å². The highest BCUT2D eigenvalue weighted by Crippen LogP contribution is 2.18. The number of aromatic nitrogens is 3. The van der Waals surface area contributed by atoms with Gasteiger partial charge in [0.2, 0.25) is 5.91 Å². The predicted octanol–water partition coefficient (Wildman–Crippen LogP) is 3.50. The molecule has 22 heavy (non-hydrogen) atoms. The van der Waals surface area contributed by atoms with Crippen molar-refractivity contribution in [2.75, 3.05) is 11.1 Å². The average Bonchev–Trinajstić information content (AvgIpc) is 2.83. The molecule has 7 heteroatoms. The molecule has 0 bridgehead atoms. The SMILES string of the molecule is C=CCn1c(C)nnc1SCCC(=O)Nc1ccc(I)cc1. The Morgan fingerprint density at radius 2 is 2.14 bits per heavy atom. The number of rotatable bonds is 7. The number of amides is 1. The first-order valence-electron chi connectivity index (χ1n) is 6.79. The van der Waals surface area contributed by atoms with Crippen LogP contribution in [-0.4, -0.2) is 26.4 Å². The first-order chi connectivity index (χ1) is 10.6. The summed E-state index contributed by atoms with van der Waals surface area (Å²) in [4.78, 5) is 11.9. The summed E-state index contributed by atoms with van der Waals surface area (Å²) >= 11 is 3.76. The molecule has 2 rings (SSSR count). The predicted molar refractivity (Wildman–Crippen MR) is 98.1 cm³/mol. The van der Waals surface area contributed by atoms with Gasteiger partial charge in [-0.25, -0.2) is 0 Å². The van der Waals surface area contributed by atoms with Crippen LogP contribution in [0.1, 0.15) is 12.2 Å². The van der Waals surface area contributed by atoms with E-state index in [4.69, 9.17) is 0 Å². The van der Waals surface area contributed by atoms with Crippen LogP contribution < -0.4 is 5.32 Å². The maximum atomic E-state index is 11.9. The number of aryl methyl sites for hydroxylation is 1. The van der Waals surface area contributed by atoms with E-state index in [1.54, 1.807) is 0 Å². The maximum Gasteiger partial charge on any atom is 0.225 e. The van der Waals surface area contributed by atoms with Crippen molar-refractivity contribution < 1.29 is 4.79 Å². The second-order valence-corrected chi connectivity index (χ2v) is 6.89. The highest BCUT2D eigenvalue weighted by Gasteiger charge is 2.09. The fraction of sp³-hybridized carbons (Fsp3) is 0.267. The summed E-state index contributed by atoms with van der Waals surface area (Å²) < 4.78 is 3.12. The smallest absolute Gasteiger partial charge is 0.225 e. The summed E-state index contributed by atoms with van der Waals surface area (Å²) in [5, 5.41) is 11.9. The fourth-order valence-corrected chi connectivity index (χ4v) is 3.09. The number of nitrogens with one attached hydrogen (secondary N) is 1. The minimum Gasteiger partial charge on any atom is -0.326 e. The second-order valence-electron chi connectivity index (χ2n) is 4.58. The van der Waals surface area contributed by atoms with Crippen molar-refractivity contribution in [2.45, 2.75) is 25.0 Å². The Labute approximate surface area is 147 Å². The summed E-state index contributed by atoms with van der Waals surface area (Å²) in [6.07, 6.45) is 2.24. The molecule has 1 amide bonds. The molecule has 0 aliphatic heterocycles. The molecule has 5 nitrogen and oxygen atoms in total. The number of anilines is 1. The largest absolute Gasteiger partial charge is 0.326 e. The number of carbonyl (C=O) groups excluding carboxylic acids is 1. The highest BCUT2D eigenvalue weighted by molar-refractivity contribution is 14.1. The molecule has 1 heterocycles. The Morgan fingerprint density at radius 3 is 2.82 bits per heavy atom. The molecule has 0 unspecified atom stereocenters. The molecular formula is C15H17IN4OS. The lowest BCUT2D eigenvalue weighted by Crippen LogP contribution is -2.12. The zero-order chi connectivity index (χ0) is 15.9. The summed E-state index contributed by atoms with van der Waals surface area (Å²) in [7, 11) is 0. The lowest BCUT2D eigenvalue weighted by atomic mass is 10.3. The van der Waals surface area contributed by atoms with Crippen molar-refractivity contribution in [1.82, 2.24) is 14.8 Å². The lowest BCUT2D eigenvalue weighted by molar-refractivity contribution is -0.115. The minimum atomic E-state index is 0.000200. The Morgan fingerprint density at radius 1 is 1.41 bits per heavy atom. The van der Waals surface area contributed by atoms with Crippen molar-refractivity contribution in [3.63, 3.8) is 0 Å². The van der Waals surface area contributed by atoms with Gasteiger partial charge in [0.1, 0.15) is 5.82 Å². The van der Waals surface area contributed by atoms with Gasteiger partial charge in [-0.3, -0.25) is 4.79 Å². The van der Waals surface area contributed by atoms with Gasteiger partial charge in [-0.2, -0.15) is 0 Å². The molecule has 0 fully saturated rings. The molecule has 1 aromatic carbocycles. The number of hydrogen-bond acceptors (Lipinski definition) is 4. The summed E-state index contributed by atoms with van der Waals surface area (Å²) in [5.41, 5.74) is 0.820. The van der Waals surface area contributed by atoms with E-state index < -0.39 is 0 Å². The van der Waals surface area contributed by atoms with Gasteiger partial charge in [-0.15, -0.1) is 16.8 Å². The van der Waals surface area contributed by atoms with Crippen LogP contribution in [0.4, 0.5) is 5.69 Å². The van der Waals surface area contributed by atoms with E-state index >= 15 is 0 Å². The molecule has 0 saturated heterocycles. The summed E-state index contributed by atoms with van der Waals surface area (Å²) in [6, 6.07) is 7.73. The topological polar surface area (TPSA) is 59.8 Å². The van der Waals surface area contributed by atoms with Gasteiger partial charge in [0.05, 0.1) is 0 Å². The van der Waals surface area contributed by atoms with Gasteiger partial charge in [0.15, 0.2) is 5.16 Å². The number of thioether (sulfide) groups is 1. The van der Waals surface area contributed by atoms with E-state index in [1.165, 1.54) is 11.8 Å². The van der Waals surface area contributed by atoms with Crippen LogP contribution in [0.2, 0.25) is 0 Å². The number of allylic oxidation sites excluding steroid dienone is 1. The van der Waals surface area contributed by atoms with E-state index in [1.807, 2.05) is 41.8 Å². The third-order valence-electron chi connectivity index (χ3n) is 2.90. The monoisotopic (exact) mass is 428 g/mol. The van der Waals surface area contributed by atoms with Crippen LogP contribution in [0, 0.1) is 10.5 Å². The Balaban J connectivity index is 1.82. The molecule has 0 radical (unpaired) electrons. The molecular weight excluding hydrogens is 411 g/mol. The van der Waals surface area contributed by atoms with Gasteiger partial charge in [0, 0.05) is 28.0 Å². The van der Waals surface area contributed by atoms with Crippen LogP contribution in [-0.2, 0) is 11.3 Å². The molecule has 0 aliphatic rings. The number of nitrogens with zero attached hydrogens (tertiary/aromatic N) is 3. The Bertz CT molecular complexity index is 654. The van der Waals surface area contributed by atoms with Gasteiger partial charge in [0.25, 0.3) is 0 Å². The Hall–Kier alpha value is -1.35. The molecule has 0 atom stereocenters. The van der Waals surface area contributed by atoms with Crippen LogP contribution in [0.5, 0.6) is 0 Å². The number of hydrogen-bond donors (Lipinski definition) is 1. The van der Waals surface area contributed by atoms with E-state index in [2.05, 4.69) is 44.7 Å². The zero-order valence-corrected chi connectivity index (χ0v) is 15.2. The summed E-state index contributed by atoms with van der Waals surface area (Å²) in [6.45, 7) is 6.31. The Kier molecular flexibility index (Phi) is 6.44. The molecule has 1 aromatic heterocycles. The van der Waals surface area contributed by atoms with Crippen LogP contribution in [0.3, 0.4) is 0 Å². The van der Waals surface area contributed by atoms with Gasteiger partial charge in [-0.05, 0) is 53.8 Å². The van der Waals surface area contributed by atoms with E-state index in [0.717, 1.165) is 20.2 Å².